The van der Waals surface area contributed by atoms with Gasteiger partial charge in [-0.1, -0.05) is 23.7 Å². The van der Waals surface area contributed by atoms with E-state index in [9.17, 15) is 5.11 Å². The first kappa shape index (κ1) is 23.4. The highest BCUT2D eigenvalue weighted by Gasteiger charge is 2.11. The second kappa shape index (κ2) is 10.5. The lowest BCUT2D eigenvalue weighted by atomic mass is 10.2. The second-order valence-corrected chi connectivity index (χ2v) is 8.32. The zero-order chi connectivity index (χ0) is 24.1. The number of rotatable bonds is 7. The van der Waals surface area contributed by atoms with Crippen LogP contribution in [0.2, 0.25) is 5.02 Å². The van der Waals surface area contributed by atoms with Crippen molar-refractivity contribution < 1.29 is 19.3 Å². The maximum absolute atomic E-state index is 10.2. The zero-order valence-electron chi connectivity index (χ0n) is 18.7. The summed E-state index contributed by atoms with van der Waals surface area (Å²) in [4.78, 5) is 5.44. The van der Waals surface area contributed by atoms with Gasteiger partial charge in [-0.2, -0.15) is 5.10 Å². The van der Waals surface area contributed by atoms with E-state index in [1.54, 1.807) is 30.1 Å². The van der Waals surface area contributed by atoms with E-state index >= 15 is 0 Å². The molecule has 0 fully saturated rings. The Balaban J connectivity index is 1.82. The van der Waals surface area contributed by atoms with Gasteiger partial charge in [-0.15, -0.1) is 11.3 Å². The Bertz CT molecular complexity index is 1350. The molecule has 3 aromatic carbocycles. The SMILES string of the molecule is COc1ccc(N=c2scc(-c3ccc(Cl)cc3)n2/N=C\c2cc(OC)c(O)c(OC)c2)cc1. The minimum Gasteiger partial charge on any atom is -0.502 e. The van der Waals surface area contributed by atoms with Crippen LogP contribution in [0.1, 0.15) is 5.56 Å². The van der Waals surface area contributed by atoms with E-state index in [2.05, 4.69) is 0 Å². The highest BCUT2D eigenvalue weighted by Crippen LogP contribution is 2.36. The van der Waals surface area contributed by atoms with E-state index in [4.69, 9.17) is 35.9 Å². The first-order chi connectivity index (χ1) is 16.5. The van der Waals surface area contributed by atoms with Gasteiger partial charge in [-0.25, -0.2) is 9.67 Å². The van der Waals surface area contributed by atoms with Gasteiger partial charge in [0.25, 0.3) is 0 Å². The van der Waals surface area contributed by atoms with Crippen LogP contribution in [0.5, 0.6) is 23.0 Å². The number of aromatic hydroxyl groups is 1. The topological polar surface area (TPSA) is 77.6 Å². The number of nitrogens with zero attached hydrogens (tertiary/aromatic N) is 3. The average Bonchev–Trinajstić information content (AvgIpc) is 3.26. The summed E-state index contributed by atoms with van der Waals surface area (Å²) in [6.45, 7) is 0. The molecule has 0 unspecified atom stereocenters. The number of hydrogen-bond donors (Lipinski definition) is 1. The number of methoxy groups -OCH3 is 3. The minimum atomic E-state index is -0.0672. The Hall–Kier alpha value is -3.75. The fraction of sp³-hybridized carbons (Fsp3) is 0.120. The van der Waals surface area contributed by atoms with Crippen LogP contribution >= 0.6 is 22.9 Å². The normalized spacial score (nSPS) is 11.7. The van der Waals surface area contributed by atoms with E-state index in [1.165, 1.54) is 25.6 Å². The van der Waals surface area contributed by atoms with Gasteiger partial charge in [0.05, 0.1) is 38.9 Å². The van der Waals surface area contributed by atoms with Crippen LogP contribution in [0.25, 0.3) is 11.3 Å². The third kappa shape index (κ3) is 5.08. The molecule has 7 nitrogen and oxygen atoms in total. The first-order valence-electron chi connectivity index (χ1n) is 10.2. The molecule has 0 amide bonds. The van der Waals surface area contributed by atoms with E-state index in [0.717, 1.165) is 22.7 Å². The first-order valence-corrected chi connectivity index (χ1v) is 11.4. The molecular weight excluding hydrogens is 474 g/mol. The number of halogens is 1. The van der Waals surface area contributed by atoms with Crippen LogP contribution in [0, 0.1) is 0 Å². The van der Waals surface area contributed by atoms with Crippen molar-refractivity contribution in [1.82, 2.24) is 4.68 Å². The Morgan fingerprint density at radius 2 is 1.56 bits per heavy atom. The van der Waals surface area contributed by atoms with Gasteiger partial charge in [0, 0.05) is 21.5 Å². The van der Waals surface area contributed by atoms with Crippen molar-refractivity contribution >= 4 is 34.8 Å². The summed E-state index contributed by atoms with van der Waals surface area (Å²) >= 11 is 7.54. The van der Waals surface area contributed by atoms with Gasteiger partial charge in [0.2, 0.25) is 10.6 Å². The number of ether oxygens (including phenoxy) is 3. The molecule has 0 aliphatic carbocycles. The summed E-state index contributed by atoms with van der Waals surface area (Å²) in [5, 5.41) is 17.5. The molecule has 9 heteroatoms. The Morgan fingerprint density at radius 3 is 2.15 bits per heavy atom. The third-order valence-corrected chi connectivity index (χ3v) is 6.02. The number of phenols is 1. The molecule has 34 heavy (non-hydrogen) atoms. The molecule has 0 saturated carbocycles. The smallest absolute Gasteiger partial charge is 0.211 e. The molecule has 1 aromatic heterocycles. The number of hydrogen-bond acceptors (Lipinski definition) is 7. The van der Waals surface area contributed by atoms with Crippen molar-refractivity contribution in [3.63, 3.8) is 0 Å². The quantitative estimate of drug-likeness (QED) is 0.333. The molecule has 0 bridgehead atoms. The summed E-state index contributed by atoms with van der Waals surface area (Å²) in [5.41, 5.74) is 3.24. The molecule has 1 N–H and O–H groups in total. The Kier molecular flexibility index (Phi) is 7.20. The Labute approximate surface area is 205 Å². The highest BCUT2D eigenvalue weighted by atomic mass is 35.5. The molecule has 0 spiro atoms. The Morgan fingerprint density at radius 1 is 0.912 bits per heavy atom. The van der Waals surface area contributed by atoms with Crippen LogP contribution in [-0.4, -0.2) is 37.3 Å². The lowest BCUT2D eigenvalue weighted by molar-refractivity contribution is 0.340. The number of aromatic nitrogens is 1. The van der Waals surface area contributed by atoms with Gasteiger partial charge in [-0.05, 0) is 48.5 Å². The molecule has 4 aromatic rings. The maximum Gasteiger partial charge on any atom is 0.211 e. The van der Waals surface area contributed by atoms with E-state index in [-0.39, 0.29) is 17.2 Å². The van der Waals surface area contributed by atoms with Gasteiger partial charge < -0.3 is 19.3 Å². The largest absolute Gasteiger partial charge is 0.502 e. The molecule has 0 aliphatic rings. The van der Waals surface area contributed by atoms with Crippen molar-refractivity contribution in [3.8, 4) is 34.3 Å². The minimum absolute atomic E-state index is 0.0672. The zero-order valence-corrected chi connectivity index (χ0v) is 20.3. The molecule has 0 radical (unpaired) electrons. The second-order valence-electron chi connectivity index (χ2n) is 7.05. The molecule has 4 rings (SSSR count). The van der Waals surface area contributed by atoms with Crippen LogP contribution in [0.3, 0.4) is 0 Å². The third-order valence-electron chi connectivity index (χ3n) is 4.95. The fourth-order valence-corrected chi connectivity index (χ4v) is 4.17. The van der Waals surface area contributed by atoms with E-state index < -0.39 is 0 Å². The summed E-state index contributed by atoms with van der Waals surface area (Å²) < 4.78 is 17.5. The highest BCUT2D eigenvalue weighted by molar-refractivity contribution is 7.07. The van der Waals surface area contributed by atoms with E-state index in [0.29, 0.717) is 15.4 Å². The number of thiazole rings is 1. The van der Waals surface area contributed by atoms with Crippen molar-refractivity contribution in [3.05, 3.63) is 81.4 Å². The number of benzene rings is 3. The standard InChI is InChI=1S/C25H22ClN3O4S/c1-31-20-10-8-19(9-11-20)28-25-29(21(15-34-25)17-4-6-18(26)7-5-17)27-14-16-12-22(32-2)24(30)23(13-16)33-3/h4-15,30H,1-3H3/b27-14-,28-25?. The molecule has 0 saturated heterocycles. The van der Waals surface area contributed by atoms with Gasteiger partial charge >= 0.3 is 0 Å². The van der Waals surface area contributed by atoms with Crippen molar-refractivity contribution in [2.75, 3.05) is 21.3 Å². The van der Waals surface area contributed by atoms with Crippen LogP contribution < -0.4 is 19.0 Å². The molecule has 174 valence electrons. The van der Waals surface area contributed by atoms with Gasteiger partial charge in [0.1, 0.15) is 5.75 Å². The van der Waals surface area contributed by atoms with Crippen LogP contribution in [-0.2, 0) is 0 Å². The predicted molar refractivity (Wildman–Crippen MR) is 135 cm³/mol. The predicted octanol–water partition coefficient (Wildman–Crippen LogP) is 5.72. The summed E-state index contributed by atoms with van der Waals surface area (Å²) in [5.74, 6) is 1.27. The summed E-state index contributed by atoms with van der Waals surface area (Å²) in [6, 6.07) is 18.4. The van der Waals surface area contributed by atoms with Crippen LogP contribution in [0.15, 0.2) is 76.1 Å². The molecular formula is C25H22ClN3O4S. The van der Waals surface area contributed by atoms with Crippen LogP contribution in [0.4, 0.5) is 5.69 Å². The molecule has 0 atom stereocenters. The van der Waals surface area contributed by atoms with Gasteiger partial charge in [0.15, 0.2) is 11.5 Å². The molecule has 1 heterocycles. The lowest BCUT2D eigenvalue weighted by Crippen LogP contribution is -2.11. The van der Waals surface area contributed by atoms with E-state index in [1.807, 2.05) is 53.9 Å². The molecule has 0 aliphatic heterocycles. The number of phenolic OH excluding ortho intramolecular Hbond substituents is 1. The maximum atomic E-state index is 10.2. The summed E-state index contributed by atoms with van der Waals surface area (Å²) in [6.07, 6.45) is 1.66. The van der Waals surface area contributed by atoms with Crippen molar-refractivity contribution in [2.45, 2.75) is 0 Å². The van der Waals surface area contributed by atoms with Crippen molar-refractivity contribution in [2.24, 2.45) is 10.1 Å². The monoisotopic (exact) mass is 495 g/mol. The summed E-state index contributed by atoms with van der Waals surface area (Å²) in [7, 11) is 4.58. The van der Waals surface area contributed by atoms with Gasteiger partial charge in [-0.3, -0.25) is 0 Å². The fourth-order valence-electron chi connectivity index (χ4n) is 3.19. The van der Waals surface area contributed by atoms with Crippen molar-refractivity contribution in [1.29, 1.82) is 0 Å². The average molecular weight is 496 g/mol. The lowest BCUT2D eigenvalue weighted by Gasteiger charge is -2.09.